The van der Waals surface area contributed by atoms with Crippen LogP contribution >= 0.6 is 0 Å². The fraction of sp³-hybridized carbons (Fsp3) is 0.316. The van der Waals surface area contributed by atoms with Crippen LogP contribution in [0.25, 0.3) is 40.0 Å². The third-order valence-corrected chi connectivity index (χ3v) is 7.22. The Labute approximate surface area is 267 Å². The zero-order valence-electron chi connectivity index (χ0n) is 27.0. The van der Waals surface area contributed by atoms with Crippen LogP contribution in [0.4, 0.5) is 0 Å². The highest BCUT2D eigenvalue weighted by molar-refractivity contribution is 5.82. The van der Waals surface area contributed by atoms with Gasteiger partial charge in [-0.15, -0.1) is 0 Å². The van der Waals surface area contributed by atoms with E-state index in [0.29, 0.717) is 13.2 Å². The van der Waals surface area contributed by atoms with Crippen LogP contribution in [0, 0.1) is 0 Å². The van der Waals surface area contributed by atoms with Crippen LogP contribution in [0.2, 0.25) is 0 Å². The second-order valence-electron chi connectivity index (χ2n) is 11.5. The molecule has 0 unspecified atom stereocenters. The van der Waals surface area contributed by atoms with E-state index in [1.54, 1.807) is 0 Å². The summed E-state index contributed by atoms with van der Waals surface area (Å²) in [6.45, 7) is 13.1. The Morgan fingerprint density at radius 2 is 1.38 bits per heavy atom. The molecule has 0 N–H and O–H groups in total. The van der Waals surface area contributed by atoms with E-state index in [1.807, 2.05) is 83.7 Å². The van der Waals surface area contributed by atoms with Crippen LogP contribution < -0.4 is 9.47 Å². The fourth-order valence-corrected chi connectivity index (χ4v) is 5.26. The summed E-state index contributed by atoms with van der Waals surface area (Å²) in [5.41, 5.74) is 6.31. The van der Waals surface area contributed by atoms with Crippen molar-refractivity contribution in [2.24, 2.45) is 0 Å². The number of aryl methyl sites for hydroxylation is 1. The number of hydrogen-bond acceptors (Lipinski definition) is 5. The molecule has 0 bridgehead atoms. The normalized spacial score (nSPS) is 11.6. The van der Waals surface area contributed by atoms with E-state index >= 15 is 0 Å². The molecule has 45 heavy (non-hydrogen) atoms. The maximum atomic E-state index is 5.97. The van der Waals surface area contributed by atoms with Crippen LogP contribution in [-0.4, -0.2) is 44.5 Å². The number of ether oxygens (including phenoxy) is 3. The first kappa shape index (κ1) is 31.8. The van der Waals surface area contributed by atoms with E-state index in [4.69, 9.17) is 19.2 Å². The molecule has 3 aromatic carbocycles. The van der Waals surface area contributed by atoms with E-state index in [1.165, 1.54) is 0 Å². The van der Waals surface area contributed by atoms with Crippen molar-refractivity contribution in [1.29, 1.82) is 0 Å². The Hall–Kier alpha value is -4.62. The largest absolute Gasteiger partial charge is 0.491 e. The molecule has 5 rings (SSSR count). The van der Waals surface area contributed by atoms with Gasteiger partial charge >= 0.3 is 0 Å². The summed E-state index contributed by atoms with van der Waals surface area (Å²) in [4.78, 5) is 9.58. The third-order valence-electron chi connectivity index (χ3n) is 7.22. The van der Waals surface area contributed by atoms with Gasteiger partial charge in [0.15, 0.2) is 0 Å². The van der Waals surface area contributed by atoms with Gasteiger partial charge in [-0.2, -0.15) is 0 Å². The van der Waals surface area contributed by atoms with Crippen molar-refractivity contribution >= 4 is 6.08 Å². The summed E-state index contributed by atoms with van der Waals surface area (Å²) in [6.07, 6.45) is 11.0. The van der Waals surface area contributed by atoms with Crippen LogP contribution in [0.3, 0.4) is 0 Å². The molecule has 0 aliphatic carbocycles. The monoisotopic (exact) mass is 604 g/mol. The molecule has 0 saturated heterocycles. The topological polar surface area (TPSA) is 63.3 Å². The minimum Gasteiger partial charge on any atom is -0.491 e. The van der Waals surface area contributed by atoms with Gasteiger partial charge in [-0.3, -0.25) is 0 Å². The van der Waals surface area contributed by atoms with Crippen molar-refractivity contribution in [2.75, 3.05) is 13.2 Å². The van der Waals surface area contributed by atoms with Crippen LogP contribution in [-0.2, 0) is 17.8 Å². The lowest BCUT2D eigenvalue weighted by molar-refractivity contribution is 0.178. The van der Waals surface area contributed by atoms with E-state index in [9.17, 15) is 0 Å². The molecular weight excluding hydrogens is 560 g/mol. The van der Waals surface area contributed by atoms with Crippen molar-refractivity contribution in [3.8, 4) is 45.4 Å². The molecule has 0 spiro atoms. The van der Waals surface area contributed by atoms with E-state index in [-0.39, 0.29) is 12.2 Å². The maximum Gasteiger partial charge on any atom is 0.141 e. The van der Waals surface area contributed by atoms with Crippen molar-refractivity contribution < 1.29 is 14.2 Å². The Kier molecular flexibility index (Phi) is 10.9. The summed E-state index contributed by atoms with van der Waals surface area (Å²) in [5, 5.41) is 0. The molecule has 7 nitrogen and oxygen atoms in total. The van der Waals surface area contributed by atoms with Gasteiger partial charge in [0.25, 0.3) is 0 Å². The zero-order chi connectivity index (χ0) is 31.6. The number of imidazole rings is 2. The highest BCUT2D eigenvalue weighted by Gasteiger charge is 2.21. The number of aromatic nitrogens is 4. The lowest BCUT2D eigenvalue weighted by Crippen LogP contribution is -2.07. The predicted molar refractivity (Wildman–Crippen MR) is 182 cm³/mol. The van der Waals surface area contributed by atoms with Gasteiger partial charge in [0.1, 0.15) is 17.3 Å². The predicted octanol–water partition coefficient (Wildman–Crippen LogP) is 8.80. The van der Waals surface area contributed by atoms with Crippen LogP contribution in [0.15, 0.2) is 97.6 Å². The van der Waals surface area contributed by atoms with Gasteiger partial charge in [0.05, 0.1) is 36.5 Å². The van der Waals surface area contributed by atoms with Gasteiger partial charge in [-0.25, -0.2) is 9.97 Å². The molecule has 0 aliphatic rings. The van der Waals surface area contributed by atoms with Gasteiger partial charge in [0.2, 0.25) is 0 Å². The second-order valence-corrected chi connectivity index (χ2v) is 11.5. The van der Waals surface area contributed by atoms with E-state index in [2.05, 4.69) is 68.7 Å². The van der Waals surface area contributed by atoms with Gasteiger partial charge in [-0.05, 0) is 95.1 Å². The molecular formula is C38H44N4O3. The number of hydrogen-bond donors (Lipinski definition) is 0. The van der Waals surface area contributed by atoms with Crippen molar-refractivity contribution in [3.05, 3.63) is 103 Å². The Bertz CT molecular complexity index is 1630. The summed E-state index contributed by atoms with van der Waals surface area (Å²) < 4.78 is 21.9. The quantitative estimate of drug-likeness (QED) is 0.112. The van der Waals surface area contributed by atoms with Crippen LogP contribution in [0.5, 0.6) is 11.5 Å². The summed E-state index contributed by atoms with van der Waals surface area (Å²) >= 11 is 0. The minimum absolute atomic E-state index is 0.107. The summed E-state index contributed by atoms with van der Waals surface area (Å²) in [7, 11) is 0. The fourth-order valence-electron chi connectivity index (χ4n) is 5.26. The molecule has 2 aromatic heterocycles. The standard InChI is InChI=1S/C38H44N4O3/c1-6-43-26-7-9-30-10-12-33(13-11-30)38-40-36(31-14-18-34(19-15-31)44-28(2)3)37(32-16-20-35(21-17-32)45-29(4)5)42(38)24-8-23-41-25-22-39-27-41/h7,9-22,25,27-29H,6,8,23-24,26H2,1-5H3/b9-7+. The Morgan fingerprint density at radius 1 is 0.756 bits per heavy atom. The molecule has 2 heterocycles. The average molecular weight is 605 g/mol. The second kappa shape index (κ2) is 15.4. The first-order valence-electron chi connectivity index (χ1n) is 15.9. The first-order chi connectivity index (χ1) is 21.9. The first-order valence-corrected chi connectivity index (χ1v) is 15.9. The molecule has 7 heteroatoms. The Morgan fingerprint density at radius 3 is 1.96 bits per heavy atom. The molecule has 0 atom stereocenters. The number of nitrogens with zero attached hydrogens (tertiary/aromatic N) is 4. The molecule has 0 saturated carbocycles. The van der Waals surface area contributed by atoms with Crippen LogP contribution in [0.1, 0.15) is 46.6 Å². The summed E-state index contributed by atoms with van der Waals surface area (Å²) in [6, 6.07) is 25.2. The van der Waals surface area contributed by atoms with Crippen molar-refractivity contribution in [1.82, 2.24) is 19.1 Å². The Balaban J connectivity index is 1.59. The van der Waals surface area contributed by atoms with E-state index in [0.717, 1.165) is 70.5 Å². The molecule has 234 valence electrons. The van der Waals surface area contributed by atoms with Gasteiger partial charge in [0, 0.05) is 48.8 Å². The molecule has 0 radical (unpaired) electrons. The molecule has 5 aromatic rings. The number of benzene rings is 3. The molecule has 0 amide bonds. The average Bonchev–Trinajstić information content (AvgIpc) is 3.69. The zero-order valence-corrected chi connectivity index (χ0v) is 27.0. The SMILES string of the molecule is CCOC/C=C/c1ccc(-c2nc(-c3ccc(OC(C)C)cc3)c(-c3ccc(OC(C)C)cc3)n2CCCn2ccnc2)cc1. The minimum atomic E-state index is 0.107. The van der Waals surface area contributed by atoms with Crippen molar-refractivity contribution in [2.45, 2.75) is 66.3 Å². The lowest BCUT2D eigenvalue weighted by atomic mass is 10.0. The molecule has 0 aliphatic heterocycles. The molecule has 0 fully saturated rings. The summed E-state index contributed by atoms with van der Waals surface area (Å²) in [5.74, 6) is 2.63. The number of rotatable bonds is 15. The highest BCUT2D eigenvalue weighted by Crippen LogP contribution is 2.38. The van der Waals surface area contributed by atoms with Crippen molar-refractivity contribution in [3.63, 3.8) is 0 Å². The van der Waals surface area contributed by atoms with Gasteiger partial charge < -0.3 is 23.3 Å². The third kappa shape index (κ3) is 8.52. The smallest absolute Gasteiger partial charge is 0.141 e. The highest BCUT2D eigenvalue weighted by atomic mass is 16.5. The lowest BCUT2D eigenvalue weighted by Gasteiger charge is -2.15. The van der Waals surface area contributed by atoms with Gasteiger partial charge in [-0.1, -0.05) is 36.4 Å². The van der Waals surface area contributed by atoms with E-state index < -0.39 is 0 Å². The maximum absolute atomic E-state index is 5.97.